The Morgan fingerprint density at radius 1 is 1.00 bits per heavy atom. The van der Waals surface area contributed by atoms with E-state index in [1.165, 1.54) is 16.7 Å². The highest BCUT2D eigenvalue weighted by Gasteiger charge is 2.08. The molecule has 0 aliphatic heterocycles. The smallest absolute Gasteiger partial charge is 0.191 e. The van der Waals surface area contributed by atoms with Crippen LogP contribution in [0, 0.1) is 0 Å². The number of benzene rings is 2. The molecule has 0 saturated heterocycles. The van der Waals surface area contributed by atoms with E-state index in [1.807, 2.05) is 6.07 Å². The maximum Gasteiger partial charge on any atom is 0.191 e. The van der Waals surface area contributed by atoms with Crippen LogP contribution in [0.1, 0.15) is 29.7 Å². The monoisotopic (exact) mass is 324 g/mol. The molecular formula is C20H28N4. The number of guanidine groups is 1. The zero-order valence-electron chi connectivity index (χ0n) is 15.1. The van der Waals surface area contributed by atoms with Crippen molar-refractivity contribution in [2.24, 2.45) is 4.99 Å². The van der Waals surface area contributed by atoms with Crippen molar-refractivity contribution in [3.63, 3.8) is 0 Å². The van der Waals surface area contributed by atoms with Crippen LogP contribution < -0.4 is 10.6 Å². The second-order valence-electron chi connectivity index (χ2n) is 6.21. The average molecular weight is 324 g/mol. The fourth-order valence-corrected chi connectivity index (χ4v) is 2.63. The number of hydrogen-bond donors (Lipinski definition) is 2. The number of aliphatic imine (C=N–C) groups is 1. The van der Waals surface area contributed by atoms with E-state index in [4.69, 9.17) is 0 Å². The van der Waals surface area contributed by atoms with Crippen molar-refractivity contribution in [3.8, 4) is 0 Å². The van der Waals surface area contributed by atoms with E-state index >= 15 is 0 Å². The minimum Gasteiger partial charge on any atom is -0.352 e. The van der Waals surface area contributed by atoms with Gasteiger partial charge in [0.1, 0.15) is 0 Å². The summed E-state index contributed by atoms with van der Waals surface area (Å²) in [5, 5.41) is 6.86. The van der Waals surface area contributed by atoms with Gasteiger partial charge >= 0.3 is 0 Å². The molecule has 0 spiro atoms. The molecule has 0 aliphatic rings. The molecule has 0 aliphatic carbocycles. The van der Waals surface area contributed by atoms with E-state index in [9.17, 15) is 0 Å². The maximum absolute atomic E-state index is 4.34. The number of hydrogen-bond acceptors (Lipinski definition) is 2. The van der Waals surface area contributed by atoms with Gasteiger partial charge in [0.15, 0.2) is 5.96 Å². The van der Waals surface area contributed by atoms with E-state index in [0.29, 0.717) is 0 Å². The van der Waals surface area contributed by atoms with Gasteiger partial charge < -0.3 is 15.5 Å². The standard InChI is InChI=1S/C20H28N4/c1-16(17-10-6-5-7-11-17)23-20(21-2)22-14-18-12-8-9-13-19(18)15-24(3)4/h5-13,16H,14-15H2,1-4H3,(H2,21,22,23). The van der Waals surface area contributed by atoms with Crippen molar-refractivity contribution in [1.82, 2.24) is 15.5 Å². The minimum atomic E-state index is 0.203. The van der Waals surface area contributed by atoms with Gasteiger partial charge in [-0.05, 0) is 37.7 Å². The van der Waals surface area contributed by atoms with Crippen LogP contribution in [0.25, 0.3) is 0 Å². The normalized spacial score (nSPS) is 13.0. The molecule has 0 fully saturated rings. The summed E-state index contributed by atoms with van der Waals surface area (Å²) in [6.45, 7) is 3.83. The second-order valence-corrected chi connectivity index (χ2v) is 6.21. The van der Waals surface area contributed by atoms with Crippen LogP contribution in [0.5, 0.6) is 0 Å². The molecule has 0 heterocycles. The second kappa shape index (κ2) is 9.08. The SMILES string of the molecule is CN=C(NCc1ccccc1CN(C)C)NC(C)c1ccccc1. The molecule has 2 aromatic carbocycles. The Balaban J connectivity index is 1.97. The third-order valence-corrected chi connectivity index (χ3v) is 3.93. The highest BCUT2D eigenvalue weighted by Crippen LogP contribution is 2.12. The van der Waals surface area contributed by atoms with Gasteiger partial charge in [-0.25, -0.2) is 0 Å². The van der Waals surface area contributed by atoms with Gasteiger partial charge in [-0.1, -0.05) is 54.6 Å². The summed E-state index contributed by atoms with van der Waals surface area (Å²) in [4.78, 5) is 6.53. The van der Waals surface area contributed by atoms with Gasteiger partial charge in [-0.3, -0.25) is 4.99 Å². The van der Waals surface area contributed by atoms with Crippen LogP contribution in [0.15, 0.2) is 59.6 Å². The Hall–Kier alpha value is -2.33. The Labute approximate surface area is 145 Å². The van der Waals surface area contributed by atoms with Gasteiger partial charge in [0.2, 0.25) is 0 Å². The Kier molecular flexibility index (Phi) is 6.82. The lowest BCUT2D eigenvalue weighted by molar-refractivity contribution is 0.400. The molecule has 0 amide bonds. The van der Waals surface area contributed by atoms with E-state index in [0.717, 1.165) is 19.0 Å². The molecule has 0 aromatic heterocycles. The lowest BCUT2D eigenvalue weighted by Crippen LogP contribution is -2.38. The topological polar surface area (TPSA) is 39.7 Å². The van der Waals surface area contributed by atoms with Crippen molar-refractivity contribution in [2.45, 2.75) is 26.1 Å². The summed E-state index contributed by atoms with van der Waals surface area (Å²) in [6.07, 6.45) is 0. The maximum atomic E-state index is 4.34. The first-order valence-corrected chi connectivity index (χ1v) is 8.33. The molecule has 0 radical (unpaired) electrons. The van der Waals surface area contributed by atoms with Crippen molar-refractivity contribution < 1.29 is 0 Å². The van der Waals surface area contributed by atoms with Crippen molar-refractivity contribution in [1.29, 1.82) is 0 Å². The third kappa shape index (κ3) is 5.39. The summed E-state index contributed by atoms with van der Waals surface area (Å²) in [7, 11) is 5.98. The molecule has 1 unspecified atom stereocenters. The highest BCUT2D eigenvalue weighted by atomic mass is 15.2. The fourth-order valence-electron chi connectivity index (χ4n) is 2.63. The van der Waals surface area contributed by atoms with Crippen molar-refractivity contribution in [3.05, 3.63) is 71.3 Å². The molecule has 0 bridgehead atoms. The molecule has 128 valence electrons. The van der Waals surface area contributed by atoms with Crippen LogP contribution >= 0.6 is 0 Å². The summed E-state index contributed by atoms with van der Waals surface area (Å²) in [5.41, 5.74) is 3.87. The van der Waals surface area contributed by atoms with Gasteiger partial charge in [0.05, 0.1) is 6.04 Å². The predicted molar refractivity (Wildman–Crippen MR) is 102 cm³/mol. The molecule has 0 saturated carbocycles. The first kappa shape index (κ1) is 18.0. The van der Waals surface area contributed by atoms with Crippen molar-refractivity contribution >= 4 is 5.96 Å². The molecule has 2 rings (SSSR count). The molecule has 2 N–H and O–H groups in total. The Morgan fingerprint density at radius 2 is 1.62 bits per heavy atom. The van der Waals surface area contributed by atoms with Crippen molar-refractivity contribution in [2.75, 3.05) is 21.1 Å². The van der Waals surface area contributed by atoms with Crippen LogP contribution in [0.3, 0.4) is 0 Å². The Bertz CT molecular complexity index is 650. The van der Waals surface area contributed by atoms with E-state index < -0.39 is 0 Å². The lowest BCUT2D eigenvalue weighted by Gasteiger charge is -2.19. The van der Waals surface area contributed by atoms with Crippen LogP contribution in [-0.2, 0) is 13.1 Å². The average Bonchev–Trinajstić information content (AvgIpc) is 2.59. The minimum absolute atomic E-state index is 0.203. The quantitative estimate of drug-likeness (QED) is 0.633. The number of nitrogens with one attached hydrogen (secondary N) is 2. The van der Waals surface area contributed by atoms with E-state index in [-0.39, 0.29) is 6.04 Å². The molecule has 2 aromatic rings. The van der Waals surface area contributed by atoms with Crippen LogP contribution in [0.2, 0.25) is 0 Å². The first-order chi connectivity index (χ1) is 11.6. The first-order valence-electron chi connectivity index (χ1n) is 8.33. The largest absolute Gasteiger partial charge is 0.352 e. The lowest BCUT2D eigenvalue weighted by atomic mass is 10.1. The molecule has 4 nitrogen and oxygen atoms in total. The predicted octanol–water partition coefficient (Wildman–Crippen LogP) is 3.17. The van der Waals surface area contributed by atoms with Crippen LogP contribution in [0.4, 0.5) is 0 Å². The highest BCUT2D eigenvalue weighted by molar-refractivity contribution is 5.80. The fraction of sp³-hybridized carbons (Fsp3) is 0.350. The van der Waals surface area contributed by atoms with Gasteiger partial charge in [0, 0.05) is 20.1 Å². The summed E-state index contributed by atoms with van der Waals surface area (Å²) >= 11 is 0. The van der Waals surface area contributed by atoms with E-state index in [2.05, 4.69) is 90.1 Å². The number of rotatable bonds is 6. The molecule has 24 heavy (non-hydrogen) atoms. The summed E-state index contributed by atoms with van der Waals surface area (Å²) in [6, 6.07) is 19.1. The summed E-state index contributed by atoms with van der Waals surface area (Å²) in [5.74, 6) is 0.811. The molecule has 1 atom stereocenters. The van der Waals surface area contributed by atoms with E-state index in [1.54, 1.807) is 7.05 Å². The van der Waals surface area contributed by atoms with Gasteiger partial charge in [-0.15, -0.1) is 0 Å². The zero-order valence-corrected chi connectivity index (χ0v) is 15.1. The molecule has 4 heteroatoms. The third-order valence-electron chi connectivity index (χ3n) is 3.93. The summed E-state index contributed by atoms with van der Waals surface area (Å²) < 4.78 is 0. The number of nitrogens with zero attached hydrogens (tertiary/aromatic N) is 2. The molecular weight excluding hydrogens is 296 g/mol. The van der Waals surface area contributed by atoms with Gasteiger partial charge in [0.25, 0.3) is 0 Å². The van der Waals surface area contributed by atoms with Gasteiger partial charge in [-0.2, -0.15) is 0 Å². The van der Waals surface area contributed by atoms with Crippen LogP contribution in [-0.4, -0.2) is 32.0 Å². The Morgan fingerprint density at radius 3 is 2.25 bits per heavy atom. The zero-order chi connectivity index (χ0) is 17.4.